The number of aldehydes is 1. The Balaban J connectivity index is 1.96. The predicted molar refractivity (Wildman–Crippen MR) is 83.6 cm³/mol. The number of carbonyl (C=O) groups is 1. The maximum Gasteiger partial charge on any atom is 0.416 e. The number of thiocarbonyl (C=S) groups is 1. The van der Waals surface area contributed by atoms with Crippen molar-refractivity contribution in [3.05, 3.63) is 29.8 Å². The fourth-order valence-corrected chi connectivity index (χ4v) is 2.11. The Bertz CT molecular complexity index is 617. The first kappa shape index (κ1) is 17.2. The van der Waals surface area contributed by atoms with E-state index in [1.807, 2.05) is 0 Å². The molecular weight excluding hydrogens is 331 g/mol. The first-order valence-corrected chi connectivity index (χ1v) is 6.96. The molecule has 1 atom stereocenters. The Morgan fingerprint density at radius 1 is 1.43 bits per heavy atom. The van der Waals surface area contributed by atoms with Gasteiger partial charge in [0.2, 0.25) is 0 Å². The molecule has 10 heteroatoms. The molecule has 1 aromatic carbocycles. The van der Waals surface area contributed by atoms with Gasteiger partial charge < -0.3 is 5.32 Å². The molecule has 6 nitrogen and oxygen atoms in total. The van der Waals surface area contributed by atoms with Crippen molar-refractivity contribution in [2.24, 2.45) is 5.10 Å². The van der Waals surface area contributed by atoms with Crippen LogP contribution in [0.25, 0.3) is 0 Å². The van der Waals surface area contributed by atoms with Crippen molar-refractivity contribution in [3.63, 3.8) is 0 Å². The van der Waals surface area contributed by atoms with Crippen molar-refractivity contribution in [2.75, 3.05) is 11.9 Å². The molecule has 0 aromatic heterocycles. The highest BCUT2D eigenvalue weighted by molar-refractivity contribution is 7.80. The van der Waals surface area contributed by atoms with Gasteiger partial charge in [-0.2, -0.15) is 23.3 Å². The number of rotatable bonds is 3. The third-order valence-electron chi connectivity index (χ3n) is 2.97. The highest BCUT2D eigenvalue weighted by Crippen LogP contribution is 2.29. The summed E-state index contributed by atoms with van der Waals surface area (Å²) in [6.07, 6.45) is -4.42. The Kier molecular flexibility index (Phi) is 5.16. The summed E-state index contributed by atoms with van der Waals surface area (Å²) in [5, 5.41) is 8.36. The van der Waals surface area contributed by atoms with Gasteiger partial charge in [-0.05, 0) is 43.4 Å². The molecule has 0 saturated carbocycles. The molecule has 0 amide bonds. The lowest BCUT2D eigenvalue weighted by molar-refractivity contribution is -0.137. The number of hydrogen-bond donors (Lipinski definition) is 3. The fourth-order valence-electron chi connectivity index (χ4n) is 1.87. The third kappa shape index (κ3) is 4.63. The zero-order chi connectivity index (χ0) is 17.0. The van der Waals surface area contributed by atoms with E-state index in [-0.39, 0.29) is 5.11 Å². The number of hydrazone groups is 1. The summed E-state index contributed by atoms with van der Waals surface area (Å²) in [4.78, 5) is 11.0. The Hall–Kier alpha value is -2.20. The molecule has 0 saturated heterocycles. The van der Waals surface area contributed by atoms with Crippen LogP contribution in [0.4, 0.5) is 18.9 Å². The minimum Gasteiger partial charge on any atom is -0.332 e. The molecule has 124 valence electrons. The minimum atomic E-state index is -4.38. The molecule has 0 spiro atoms. The minimum absolute atomic E-state index is 0.146. The lowest BCUT2D eigenvalue weighted by Crippen LogP contribution is -2.59. The van der Waals surface area contributed by atoms with E-state index in [0.717, 1.165) is 17.8 Å². The molecule has 0 aliphatic carbocycles. The van der Waals surface area contributed by atoms with Gasteiger partial charge in [-0.15, -0.1) is 0 Å². The standard InChI is InChI=1S/C13H14F3N5OS/c1-8-6-21(11(7-22)19-18-8)20-12(23)17-10-4-2-9(3-5-10)13(14,15)16/h2-5,7,11,19H,6H2,1H3,(H2,17,20,23). The number of halogens is 3. The smallest absolute Gasteiger partial charge is 0.332 e. The van der Waals surface area contributed by atoms with Crippen LogP contribution in [0.3, 0.4) is 0 Å². The van der Waals surface area contributed by atoms with Gasteiger partial charge in [0.05, 0.1) is 17.8 Å². The summed E-state index contributed by atoms with van der Waals surface area (Å²) in [6.45, 7) is 2.14. The highest BCUT2D eigenvalue weighted by Gasteiger charge is 2.30. The maximum atomic E-state index is 12.5. The van der Waals surface area contributed by atoms with Gasteiger partial charge in [0.25, 0.3) is 0 Å². The second-order valence-corrected chi connectivity index (χ2v) is 5.23. The van der Waals surface area contributed by atoms with Crippen molar-refractivity contribution in [1.82, 2.24) is 15.9 Å². The van der Waals surface area contributed by atoms with Gasteiger partial charge in [0.15, 0.2) is 17.6 Å². The summed E-state index contributed by atoms with van der Waals surface area (Å²) in [5.41, 5.74) is 5.83. The van der Waals surface area contributed by atoms with E-state index in [2.05, 4.69) is 21.3 Å². The maximum absolute atomic E-state index is 12.5. The van der Waals surface area contributed by atoms with E-state index < -0.39 is 17.9 Å². The van der Waals surface area contributed by atoms with Crippen LogP contribution < -0.4 is 16.2 Å². The fraction of sp³-hybridized carbons (Fsp3) is 0.308. The Morgan fingerprint density at radius 2 is 2.09 bits per heavy atom. The molecule has 0 radical (unpaired) electrons. The normalized spacial score (nSPS) is 18.6. The summed E-state index contributed by atoms with van der Waals surface area (Å²) in [6, 6.07) is 4.46. The van der Waals surface area contributed by atoms with E-state index in [9.17, 15) is 18.0 Å². The lowest BCUT2D eigenvalue weighted by Gasteiger charge is -2.32. The number of benzene rings is 1. The quantitative estimate of drug-likeness (QED) is 0.572. The van der Waals surface area contributed by atoms with Gasteiger partial charge in [0.1, 0.15) is 0 Å². The number of nitrogens with one attached hydrogen (secondary N) is 3. The van der Waals surface area contributed by atoms with Gasteiger partial charge in [0, 0.05) is 5.69 Å². The molecule has 1 aliphatic heterocycles. The molecule has 0 fully saturated rings. The molecule has 3 N–H and O–H groups in total. The first-order chi connectivity index (χ1) is 10.8. The molecule has 1 aliphatic rings. The monoisotopic (exact) mass is 345 g/mol. The molecule has 0 bridgehead atoms. The van der Waals surface area contributed by atoms with Crippen LogP contribution in [0.1, 0.15) is 12.5 Å². The van der Waals surface area contributed by atoms with Gasteiger partial charge >= 0.3 is 6.18 Å². The molecule has 23 heavy (non-hydrogen) atoms. The van der Waals surface area contributed by atoms with E-state index >= 15 is 0 Å². The average Bonchev–Trinajstić information content (AvgIpc) is 2.47. The zero-order valence-corrected chi connectivity index (χ0v) is 12.8. The molecule has 1 aromatic rings. The summed E-state index contributed by atoms with van der Waals surface area (Å²) < 4.78 is 37.5. The highest BCUT2D eigenvalue weighted by atomic mass is 32.1. The van der Waals surface area contributed by atoms with Crippen molar-refractivity contribution in [3.8, 4) is 0 Å². The van der Waals surface area contributed by atoms with Crippen molar-refractivity contribution < 1.29 is 18.0 Å². The first-order valence-electron chi connectivity index (χ1n) is 6.55. The van der Waals surface area contributed by atoms with Gasteiger partial charge in [-0.3, -0.25) is 15.6 Å². The molecular formula is C13H14F3N5OS. The van der Waals surface area contributed by atoms with Crippen molar-refractivity contribution in [2.45, 2.75) is 19.3 Å². The van der Waals surface area contributed by atoms with E-state index in [0.29, 0.717) is 18.5 Å². The Morgan fingerprint density at radius 3 is 2.65 bits per heavy atom. The van der Waals surface area contributed by atoms with Crippen LogP contribution >= 0.6 is 12.2 Å². The second-order valence-electron chi connectivity index (χ2n) is 4.83. The zero-order valence-electron chi connectivity index (χ0n) is 12.0. The third-order valence-corrected chi connectivity index (χ3v) is 3.16. The number of anilines is 1. The second kappa shape index (κ2) is 6.92. The van der Waals surface area contributed by atoms with Crippen LogP contribution in [0.2, 0.25) is 0 Å². The summed E-state index contributed by atoms with van der Waals surface area (Å²) in [5.74, 6) is 0. The number of carbonyl (C=O) groups excluding carboxylic acids is 1. The van der Waals surface area contributed by atoms with Crippen LogP contribution in [-0.2, 0) is 11.0 Å². The number of hydrogen-bond acceptors (Lipinski definition) is 5. The van der Waals surface area contributed by atoms with E-state index in [4.69, 9.17) is 12.2 Å². The molecule has 1 heterocycles. The summed E-state index contributed by atoms with van der Waals surface area (Å²) in [7, 11) is 0. The van der Waals surface area contributed by atoms with Crippen molar-refractivity contribution >= 4 is 35.0 Å². The van der Waals surface area contributed by atoms with Gasteiger partial charge in [-0.1, -0.05) is 0 Å². The Labute approximate surface area is 135 Å². The van der Waals surface area contributed by atoms with Crippen LogP contribution in [0.15, 0.2) is 29.4 Å². The van der Waals surface area contributed by atoms with Crippen LogP contribution in [-0.4, -0.2) is 34.8 Å². The largest absolute Gasteiger partial charge is 0.416 e. The number of alkyl halides is 3. The number of hydrazine groups is 1. The SMILES string of the molecule is CC1=NNC(C=O)N(NC(=S)Nc2ccc(C(F)(F)F)cc2)C1. The molecule has 2 rings (SSSR count). The topological polar surface area (TPSA) is 68.8 Å². The average molecular weight is 345 g/mol. The van der Waals surface area contributed by atoms with E-state index in [1.54, 1.807) is 6.92 Å². The lowest BCUT2D eigenvalue weighted by atomic mass is 10.2. The number of nitrogens with zero attached hydrogens (tertiary/aromatic N) is 2. The van der Waals surface area contributed by atoms with Crippen LogP contribution in [0, 0.1) is 0 Å². The van der Waals surface area contributed by atoms with Gasteiger partial charge in [-0.25, -0.2) is 0 Å². The predicted octanol–water partition coefficient (Wildman–Crippen LogP) is 1.71. The van der Waals surface area contributed by atoms with Crippen molar-refractivity contribution in [1.29, 1.82) is 0 Å². The van der Waals surface area contributed by atoms with E-state index in [1.165, 1.54) is 17.1 Å². The molecule has 1 unspecified atom stereocenters. The summed E-state index contributed by atoms with van der Waals surface area (Å²) >= 11 is 5.09. The van der Waals surface area contributed by atoms with Crippen LogP contribution in [0.5, 0.6) is 0 Å².